The Balaban J connectivity index is 2.81. The molecule has 3 heteroatoms. The predicted molar refractivity (Wildman–Crippen MR) is 83.9 cm³/mol. The lowest BCUT2D eigenvalue weighted by Crippen LogP contribution is -2.38. The van der Waals surface area contributed by atoms with Crippen LogP contribution in [0, 0.1) is 5.92 Å². The van der Waals surface area contributed by atoms with E-state index in [1.165, 1.54) is 5.56 Å². The zero-order valence-electron chi connectivity index (χ0n) is 13.3. The van der Waals surface area contributed by atoms with Crippen molar-refractivity contribution in [1.82, 2.24) is 5.32 Å². The van der Waals surface area contributed by atoms with Crippen LogP contribution in [0.15, 0.2) is 30.3 Å². The highest BCUT2D eigenvalue weighted by atomic mass is 16.5. The minimum Gasteiger partial charge on any atom is -0.382 e. The standard InChI is InChI=1S/C17H29NO2/c1-5-11-18-16(15-9-7-6-8-10-15)17(14(2)3)20-13-12-19-4/h6-10,14,16-18H,5,11-13H2,1-4H3. The Labute approximate surface area is 123 Å². The summed E-state index contributed by atoms with van der Waals surface area (Å²) in [4.78, 5) is 0. The van der Waals surface area contributed by atoms with E-state index >= 15 is 0 Å². The number of rotatable bonds is 10. The van der Waals surface area contributed by atoms with Crippen LogP contribution in [0.5, 0.6) is 0 Å². The van der Waals surface area contributed by atoms with Gasteiger partial charge in [-0.05, 0) is 24.4 Å². The summed E-state index contributed by atoms with van der Waals surface area (Å²) >= 11 is 0. The molecule has 0 amide bonds. The number of hydrogen-bond donors (Lipinski definition) is 1. The van der Waals surface area contributed by atoms with Gasteiger partial charge >= 0.3 is 0 Å². The van der Waals surface area contributed by atoms with Crippen molar-refractivity contribution in [2.24, 2.45) is 5.92 Å². The summed E-state index contributed by atoms with van der Waals surface area (Å²) in [5.41, 5.74) is 1.29. The van der Waals surface area contributed by atoms with Crippen LogP contribution in [0.2, 0.25) is 0 Å². The normalized spacial score (nSPS) is 14.4. The van der Waals surface area contributed by atoms with Crippen molar-refractivity contribution in [3.05, 3.63) is 35.9 Å². The Kier molecular flexibility index (Phi) is 8.51. The van der Waals surface area contributed by atoms with E-state index in [1.807, 2.05) is 0 Å². The molecule has 1 aromatic carbocycles. The average molecular weight is 279 g/mol. The number of ether oxygens (including phenoxy) is 2. The molecule has 0 aliphatic carbocycles. The minimum absolute atomic E-state index is 0.152. The zero-order chi connectivity index (χ0) is 14.8. The molecule has 1 aromatic rings. The summed E-state index contributed by atoms with van der Waals surface area (Å²) in [7, 11) is 1.71. The molecule has 114 valence electrons. The van der Waals surface area contributed by atoms with Gasteiger partial charge in [-0.15, -0.1) is 0 Å². The van der Waals surface area contributed by atoms with Crippen molar-refractivity contribution in [2.75, 3.05) is 26.9 Å². The second-order valence-corrected chi connectivity index (χ2v) is 5.41. The molecule has 0 spiro atoms. The van der Waals surface area contributed by atoms with E-state index in [0.29, 0.717) is 19.1 Å². The van der Waals surface area contributed by atoms with Crippen LogP contribution in [-0.2, 0) is 9.47 Å². The van der Waals surface area contributed by atoms with Crippen molar-refractivity contribution in [2.45, 2.75) is 39.3 Å². The van der Waals surface area contributed by atoms with Gasteiger partial charge in [-0.3, -0.25) is 0 Å². The Morgan fingerprint density at radius 1 is 1.10 bits per heavy atom. The average Bonchev–Trinajstić information content (AvgIpc) is 2.46. The van der Waals surface area contributed by atoms with Gasteiger partial charge in [-0.2, -0.15) is 0 Å². The topological polar surface area (TPSA) is 30.5 Å². The molecule has 0 heterocycles. The molecule has 20 heavy (non-hydrogen) atoms. The molecule has 1 rings (SSSR count). The van der Waals surface area contributed by atoms with Crippen LogP contribution in [0.3, 0.4) is 0 Å². The highest BCUT2D eigenvalue weighted by Crippen LogP contribution is 2.24. The summed E-state index contributed by atoms with van der Waals surface area (Å²) < 4.78 is 11.2. The van der Waals surface area contributed by atoms with E-state index in [4.69, 9.17) is 9.47 Å². The molecule has 0 aliphatic rings. The van der Waals surface area contributed by atoms with Gasteiger partial charge in [0.05, 0.1) is 25.4 Å². The van der Waals surface area contributed by atoms with Gasteiger partial charge in [0, 0.05) is 7.11 Å². The smallest absolute Gasteiger partial charge is 0.0793 e. The second-order valence-electron chi connectivity index (χ2n) is 5.41. The first-order chi connectivity index (χ1) is 9.70. The van der Waals surface area contributed by atoms with Crippen molar-refractivity contribution in [3.63, 3.8) is 0 Å². The molecular formula is C17H29NO2. The first-order valence-electron chi connectivity index (χ1n) is 7.59. The van der Waals surface area contributed by atoms with Crippen LogP contribution in [-0.4, -0.2) is 33.0 Å². The van der Waals surface area contributed by atoms with Gasteiger partial charge in [-0.1, -0.05) is 51.1 Å². The number of benzene rings is 1. The summed E-state index contributed by atoms with van der Waals surface area (Å²) in [5, 5.41) is 3.63. The first kappa shape index (κ1) is 17.2. The quantitative estimate of drug-likeness (QED) is 0.666. The maximum Gasteiger partial charge on any atom is 0.0793 e. The maximum atomic E-state index is 6.07. The third kappa shape index (κ3) is 5.61. The number of hydrogen-bond acceptors (Lipinski definition) is 3. The summed E-state index contributed by atoms with van der Waals surface area (Å²) in [6.45, 7) is 8.87. The molecule has 0 saturated carbocycles. The van der Waals surface area contributed by atoms with Crippen LogP contribution in [0.25, 0.3) is 0 Å². The number of nitrogens with one attached hydrogen (secondary N) is 1. The van der Waals surface area contributed by atoms with E-state index in [-0.39, 0.29) is 12.1 Å². The fourth-order valence-electron chi connectivity index (χ4n) is 2.33. The fourth-order valence-corrected chi connectivity index (χ4v) is 2.33. The highest BCUT2D eigenvalue weighted by Gasteiger charge is 2.26. The fraction of sp³-hybridized carbons (Fsp3) is 0.647. The van der Waals surface area contributed by atoms with E-state index in [2.05, 4.69) is 56.4 Å². The monoisotopic (exact) mass is 279 g/mol. The van der Waals surface area contributed by atoms with E-state index in [1.54, 1.807) is 7.11 Å². The van der Waals surface area contributed by atoms with E-state index in [0.717, 1.165) is 13.0 Å². The third-order valence-corrected chi connectivity index (χ3v) is 3.36. The third-order valence-electron chi connectivity index (χ3n) is 3.36. The molecule has 1 N–H and O–H groups in total. The zero-order valence-corrected chi connectivity index (χ0v) is 13.3. The Bertz CT molecular complexity index is 340. The molecule has 2 atom stereocenters. The van der Waals surface area contributed by atoms with E-state index in [9.17, 15) is 0 Å². The SMILES string of the molecule is CCCNC(c1ccccc1)C(OCCOC)C(C)C. The molecule has 0 aliphatic heterocycles. The minimum atomic E-state index is 0.152. The Morgan fingerprint density at radius 2 is 1.80 bits per heavy atom. The molecular weight excluding hydrogens is 250 g/mol. The highest BCUT2D eigenvalue weighted by molar-refractivity contribution is 5.20. The molecule has 0 fully saturated rings. The molecule has 0 radical (unpaired) electrons. The lowest BCUT2D eigenvalue weighted by molar-refractivity contribution is -0.0261. The lowest BCUT2D eigenvalue weighted by Gasteiger charge is -2.31. The van der Waals surface area contributed by atoms with Crippen molar-refractivity contribution in [3.8, 4) is 0 Å². The summed E-state index contributed by atoms with van der Waals surface area (Å²) in [6.07, 6.45) is 1.27. The van der Waals surface area contributed by atoms with Gasteiger partial charge in [0.2, 0.25) is 0 Å². The first-order valence-corrected chi connectivity index (χ1v) is 7.59. The van der Waals surface area contributed by atoms with Crippen LogP contribution in [0.1, 0.15) is 38.8 Å². The largest absolute Gasteiger partial charge is 0.382 e. The predicted octanol–water partition coefficient (Wildman–Crippen LogP) is 3.41. The van der Waals surface area contributed by atoms with Gasteiger partial charge < -0.3 is 14.8 Å². The van der Waals surface area contributed by atoms with Gasteiger partial charge in [-0.25, -0.2) is 0 Å². The Hall–Kier alpha value is -0.900. The van der Waals surface area contributed by atoms with Crippen LogP contribution in [0.4, 0.5) is 0 Å². The summed E-state index contributed by atoms with van der Waals surface area (Å²) in [5.74, 6) is 0.446. The molecule has 0 aromatic heterocycles. The maximum absolute atomic E-state index is 6.07. The van der Waals surface area contributed by atoms with Gasteiger partial charge in [0.25, 0.3) is 0 Å². The van der Waals surface area contributed by atoms with E-state index < -0.39 is 0 Å². The van der Waals surface area contributed by atoms with Gasteiger partial charge in [0.1, 0.15) is 0 Å². The van der Waals surface area contributed by atoms with Gasteiger partial charge in [0.15, 0.2) is 0 Å². The molecule has 0 bridgehead atoms. The lowest BCUT2D eigenvalue weighted by atomic mass is 9.93. The van der Waals surface area contributed by atoms with Crippen LogP contribution < -0.4 is 5.32 Å². The van der Waals surface area contributed by atoms with Crippen molar-refractivity contribution in [1.29, 1.82) is 0 Å². The number of methoxy groups -OCH3 is 1. The second kappa shape index (κ2) is 9.92. The van der Waals surface area contributed by atoms with Crippen molar-refractivity contribution < 1.29 is 9.47 Å². The van der Waals surface area contributed by atoms with Crippen LogP contribution >= 0.6 is 0 Å². The molecule has 0 saturated heterocycles. The Morgan fingerprint density at radius 3 is 2.35 bits per heavy atom. The molecule has 2 unspecified atom stereocenters. The molecule has 3 nitrogen and oxygen atoms in total. The summed E-state index contributed by atoms with van der Waals surface area (Å²) in [6, 6.07) is 10.8. The van der Waals surface area contributed by atoms with Crippen molar-refractivity contribution >= 4 is 0 Å².